The van der Waals surface area contributed by atoms with Crippen LogP contribution in [0.15, 0.2) is 42.5 Å². The Morgan fingerprint density at radius 2 is 1.52 bits per heavy atom. The van der Waals surface area contributed by atoms with Gasteiger partial charge in [0.05, 0.1) is 6.61 Å². The summed E-state index contributed by atoms with van der Waals surface area (Å²) >= 11 is 0. The third-order valence-corrected chi connectivity index (χ3v) is 5.40. The predicted octanol–water partition coefficient (Wildman–Crippen LogP) is 4.28. The lowest BCUT2D eigenvalue weighted by atomic mass is 9.95. The Hall–Kier alpha value is -1.88. The van der Waals surface area contributed by atoms with Crippen LogP contribution in [0.1, 0.15) is 54.4 Å². The zero-order chi connectivity index (χ0) is 20.9. The first-order chi connectivity index (χ1) is 14.2. The van der Waals surface area contributed by atoms with Crippen molar-refractivity contribution in [3.05, 3.63) is 64.7 Å². The van der Waals surface area contributed by atoms with Crippen LogP contribution in [-0.4, -0.2) is 32.1 Å². The van der Waals surface area contributed by atoms with Crippen molar-refractivity contribution in [2.75, 3.05) is 27.2 Å². The van der Waals surface area contributed by atoms with E-state index in [0.29, 0.717) is 13.1 Å². The van der Waals surface area contributed by atoms with E-state index in [1.807, 2.05) is 0 Å². The monoisotopic (exact) mass is 397 g/mol. The second kappa shape index (κ2) is 13.4. The van der Waals surface area contributed by atoms with Gasteiger partial charge >= 0.3 is 0 Å². The van der Waals surface area contributed by atoms with Crippen molar-refractivity contribution in [2.24, 2.45) is 11.5 Å². The van der Waals surface area contributed by atoms with Crippen molar-refractivity contribution in [2.45, 2.75) is 58.0 Å². The molecule has 0 saturated heterocycles. The summed E-state index contributed by atoms with van der Waals surface area (Å²) in [4.78, 5) is 2.21. The number of benzene rings is 2. The number of nitrogens with zero attached hydrogens (tertiary/aromatic N) is 1. The molecular weight excluding hydrogens is 358 g/mol. The Morgan fingerprint density at radius 1 is 0.759 bits per heavy atom. The minimum atomic E-state index is 0.498. The van der Waals surface area contributed by atoms with Gasteiger partial charge in [-0.25, -0.2) is 0 Å². The molecule has 0 aliphatic heterocycles. The molecule has 0 heterocycles. The van der Waals surface area contributed by atoms with Crippen LogP contribution in [-0.2, 0) is 25.9 Å². The average Bonchev–Trinajstić information content (AvgIpc) is 2.73. The molecule has 2 aromatic carbocycles. The molecule has 0 radical (unpaired) electrons. The van der Waals surface area contributed by atoms with E-state index in [1.165, 1.54) is 36.0 Å². The number of ether oxygens (including phenoxy) is 1. The molecule has 0 unspecified atom stereocenters. The van der Waals surface area contributed by atoms with E-state index in [9.17, 15) is 0 Å². The van der Waals surface area contributed by atoms with Crippen molar-refractivity contribution in [1.29, 1.82) is 0 Å². The summed E-state index contributed by atoms with van der Waals surface area (Å²) in [5.41, 5.74) is 17.1. The first kappa shape index (κ1) is 23.4. The van der Waals surface area contributed by atoms with Crippen molar-refractivity contribution >= 4 is 0 Å². The highest BCUT2D eigenvalue weighted by Gasteiger charge is 2.13. The lowest BCUT2D eigenvalue weighted by Gasteiger charge is -2.19. The molecule has 4 heteroatoms. The maximum atomic E-state index is 6.13. The number of rotatable bonds is 14. The van der Waals surface area contributed by atoms with Gasteiger partial charge in [-0.3, -0.25) is 0 Å². The first-order valence-corrected chi connectivity index (χ1v) is 11.0. The Kier molecular flexibility index (Phi) is 10.8. The third-order valence-electron chi connectivity index (χ3n) is 5.40. The minimum Gasteiger partial charge on any atom is -0.493 e. The first-order valence-electron chi connectivity index (χ1n) is 11.0. The van der Waals surface area contributed by atoms with Gasteiger partial charge in [-0.1, -0.05) is 49.2 Å². The predicted molar refractivity (Wildman–Crippen MR) is 123 cm³/mol. The molecule has 0 fully saturated rings. The van der Waals surface area contributed by atoms with Crippen LogP contribution >= 0.6 is 0 Å². The molecule has 0 aliphatic carbocycles. The Balaban J connectivity index is 1.80. The highest BCUT2D eigenvalue weighted by molar-refractivity contribution is 5.45. The van der Waals surface area contributed by atoms with E-state index in [4.69, 9.17) is 16.2 Å². The van der Waals surface area contributed by atoms with Gasteiger partial charge in [0.1, 0.15) is 5.75 Å². The molecule has 2 rings (SSSR count). The zero-order valence-electron chi connectivity index (χ0n) is 18.3. The summed E-state index contributed by atoms with van der Waals surface area (Å²) in [6.07, 6.45) is 8.00. The van der Waals surface area contributed by atoms with Crippen molar-refractivity contribution in [3.8, 4) is 5.75 Å². The molecule has 160 valence electrons. The van der Waals surface area contributed by atoms with E-state index in [1.54, 1.807) is 0 Å². The number of hydrogen-bond acceptors (Lipinski definition) is 4. The zero-order valence-corrected chi connectivity index (χ0v) is 18.3. The van der Waals surface area contributed by atoms with Crippen LogP contribution in [0.25, 0.3) is 0 Å². The Bertz CT molecular complexity index is 701. The maximum Gasteiger partial charge on any atom is 0.124 e. The summed E-state index contributed by atoms with van der Waals surface area (Å²) in [5, 5.41) is 0. The van der Waals surface area contributed by atoms with Gasteiger partial charge in [0.25, 0.3) is 0 Å². The van der Waals surface area contributed by atoms with Crippen LogP contribution < -0.4 is 16.2 Å². The lowest BCUT2D eigenvalue weighted by molar-refractivity contribution is 0.301. The molecule has 0 spiro atoms. The summed E-state index contributed by atoms with van der Waals surface area (Å²) < 4.78 is 6.13. The maximum absolute atomic E-state index is 6.13. The van der Waals surface area contributed by atoms with Crippen molar-refractivity contribution in [3.63, 3.8) is 0 Å². The van der Waals surface area contributed by atoms with Crippen molar-refractivity contribution < 1.29 is 4.74 Å². The second-order valence-electron chi connectivity index (χ2n) is 7.99. The molecule has 0 aromatic heterocycles. The van der Waals surface area contributed by atoms with Gasteiger partial charge in [-0.05, 0) is 75.5 Å². The smallest absolute Gasteiger partial charge is 0.124 e. The Morgan fingerprint density at radius 3 is 2.21 bits per heavy atom. The van der Waals surface area contributed by atoms with Gasteiger partial charge in [0.15, 0.2) is 0 Å². The highest BCUT2D eigenvalue weighted by Crippen LogP contribution is 2.27. The fraction of sp³-hybridized carbons (Fsp3) is 0.520. The fourth-order valence-corrected chi connectivity index (χ4v) is 3.77. The number of aryl methyl sites for hydroxylation is 1. The van der Waals surface area contributed by atoms with Crippen LogP contribution in [0, 0.1) is 0 Å². The molecule has 4 N–H and O–H groups in total. The molecule has 0 bridgehead atoms. The standard InChI is InChI=1S/C25H39N3O/c1-28(2)17-10-14-23-22(19-26)15-16-25(24(23)20-27)29-18-9-4-3-6-11-21-12-7-5-8-13-21/h5,7-8,12-13,15-16H,3-4,6,9-11,14,17-20,26-27H2,1-2H3. The van der Waals surface area contributed by atoms with E-state index in [2.05, 4.69) is 61.5 Å². The number of hydrogen-bond donors (Lipinski definition) is 2. The van der Waals surface area contributed by atoms with Gasteiger partial charge in [-0.15, -0.1) is 0 Å². The third kappa shape index (κ3) is 8.17. The summed E-state index contributed by atoms with van der Waals surface area (Å²) in [6, 6.07) is 14.9. The summed E-state index contributed by atoms with van der Waals surface area (Å²) in [5.74, 6) is 0.939. The van der Waals surface area contributed by atoms with Crippen LogP contribution in [0.4, 0.5) is 0 Å². The number of nitrogens with two attached hydrogens (primary N) is 2. The molecule has 0 atom stereocenters. The Labute approximate surface area is 177 Å². The largest absolute Gasteiger partial charge is 0.493 e. The summed E-state index contributed by atoms with van der Waals surface area (Å²) in [6.45, 7) is 2.85. The molecule has 29 heavy (non-hydrogen) atoms. The SMILES string of the molecule is CN(C)CCCc1c(CN)ccc(OCCCCCCc2ccccc2)c1CN. The fourth-order valence-electron chi connectivity index (χ4n) is 3.77. The molecule has 0 saturated carbocycles. The average molecular weight is 398 g/mol. The van der Waals surface area contributed by atoms with E-state index < -0.39 is 0 Å². The van der Waals surface area contributed by atoms with Crippen LogP contribution in [0.2, 0.25) is 0 Å². The quantitative estimate of drug-likeness (QED) is 0.467. The van der Waals surface area contributed by atoms with Gasteiger partial charge in [0.2, 0.25) is 0 Å². The molecule has 0 amide bonds. The number of unbranched alkanes of at least 4 members (excludes halogenated alkanes) is 3. The summed E-state index contributed by atoms with van der Waals surface area (Å²) in [7, 11) is 4.21. The van der Waals surface area contributed by atoms with Gasteiger partial charge in [0, 0.05) is 18.7 Å². The van der Waals surface area contributed by atoms with Crippen molar-refractivity contribution in [1.82, 2.24) is 4.90 Å². The highest BCUT2D eigenvalue weighted by atomic mass is 16.5. The van der Waals surface area contributed by atoms with E-state index >= 15 is 0 Å². The van der Waals surface area contributed by atoms with E-state index in [-0.39, 0.29) is 0 Å². The molecule has 2 aromatic rings. The second-order valence-corrected chi connectivity index (χ2v) is 7.99. The molecule has 4 nitrogen and oxygen atoms in total. The van der Waals surface area contributed by atoms with Gasteiger partial charge < -0.3 is 21.1 Å². The van der Waals surface area contributed by atoms with Crippen LogP contribution in [0.3, 0.4) is 0 Å². The normalized spacial score (nSPS) is 11.2. The topological polar surface area (TPSA) is 64.5 Å². The van der Waals surface area contributed by atoms with E-state index in [0.717, 1.165) is 50.1 Å². The molecular formula is C25H39N3O. The lowest BCUT2D eigenvalue weighted by Crippen LogP contribution is -2.16. The minimum absolute atomic E-state index is 0.498. The van der Waals surface area contributed by atoms with Gasteiger partial charge in [-0.2, -0.15) is 0 Å². The molecule has 0 aliphatic rings. The van der Waals surface area contributed by atoms with Crippen LogP contribution in [0.5, 0.6) is 5.75 Å².